The zero-order valence-corrected chi connectivity index (χ0v) is 18.8. The van der Waals surface area contributed by atoms with Crippen molar-refractivity contribution in [3.8, 4) is 11.1 Å². The van der Waals surface area contributed by atoms with Crippen molar-refractivity contribution in [2.45, 2.75) is 19.0 Å². The topological polar surface area (TPSA) is 62.3 Å². The smallest absolute Gasteiger partial charge is 0.254 e. The molecular weight excluding hydrogens is 422 g/mol. The maximum absolute atomic E-state index is 13.3. The van der Waals surface area contributed by atoms with E-state index >= 15 is 0 Å². The lowest BCUT2D eigenvalue weighted by Crippen LogP contribution is -2.45. The van der Waals surface area contributed by atoms with Crippen LogP contribution < -0.4 is 5.32 Å². The highest BCUT2D eigenvalue weighted by molar-refractivity contribution is 5.98. The molecule has 4 aromatic rings. The van der Waals surface area contributed by atoms with Gasteiger partial charge in [-0.3, -0.25) is 14.6 Å². The molecule has 1 N–H and O–H groups in total. The molecule has 3 aromatic carbocycles. The Morgan fingerprint density at radius 3 is 2.50 bits per heavy atom. The van der Waals surface area contributed by atoms with Crippen LogP contribution in [0.5, 0.6) is 0 Å². The third-order valence-corrected chi connectivity index (χ3v) is 6.19. The lowest BCUT2D eigenvalue weighted by atomic mass is 10.0. The number of hydrogen-bond donors (Lipinski definition) is 1. The Hall–Kier alpha value is -4.25. The molecule has 0 radical (unpaired) electrons. The summed E-state index contributed by atoms with van der Waals surface area (Å²) in [6, 6.07) is 26.8. The molecule has 5 rings (SSSR count). The first-order chi connectivity index (χ1) is 16.6. The summed E-state index contributed by atoms with van der Waals surface area (Å²) in [5.74, 6) is -0.325. The third-order valence-electron chi connectivity index (χ3n) is 6.19. The van der Waals surface area contributed by atoms with Gasteiger partial charge in [-0.25, -0.2) is 0 Å². The van der Waals surface area contributed by atoms with Crippen LogP contribution in [0.3, 0.4) is 0 Å². The molecule has 2 heterocycles. The van der Waals surface area contributed by atoms with Gasteiger partial charge >= 0.3 is 0 Å². The van der Waals surface area contributed by atoms with Crippen molar-refractivity contribution < 1.29 is 9.59 Å². The van der Waals surface area contributed by atoms with E-state index in [0.717, 1.165) is 33.2 Å². The molecule has 5 nitrogen and oxygen atoms in total. The monoisotopic (exact) mass is 447 g/mol. The third kappa shape index (κ3) is 4.46. The predicted molar refractivity (Wildman–Crippen MR) is 134 cm³/mol. The molecule has 1 atom stereocenters. The van der Waals surface area contributed by atoms with Crippen molar-refractivity contribution in [2.24, 2.45) is 0 Å². The summed E-state index contributed by atoms with van der Waals surface area (Å²) in [7, 11) is 0. The van der Waals surface area contributed by atoms with Gasteiger partial charge in [-0.05, 0) is 53.4 Å². The Morgan fingerprint density at radius 2 is 1.71 bits per heavy atom. The second kappa shape index (κ2) is 9.32. The number of pyridine rings is 1. The largest absolute Gasteiger partial charge is 0.350 e. The van der Waals surface area contributed by atoms with E-state index in [-0.39, 0.29) is 11.8 Å². The fraction of sp³-hybridized carbons (Fsp3) is 0.138. The number of fused-ring (bicyclic) bond motifs is 1. The molecule has 0 aliphatic carbocycles. The zero-order valence-electron chi connectivity index (χ0n) is 18.8. The van der Waals surface area contributed by atoms with Gasteiger partial charge in [-0.2, -0.15) is 0 Å². The normalized spacial score (nSPS) is 15.5. The fourth-order valence-electron chi connectivity index (χ4n) is 4.39. The zero-order chi connectivity index (χ0) is 23.5. The Balaban J connectivity index is 1.28. The molecule has 1 fully saturated rings. The molecule has 1 aliphatic heterocycles. The summed E-state index contributed by atoms with van der Waals surface area (Å²) in [5.41, 5.74) is 5.49. The van der Waals surface area contributed by atoms with Gasteiger partial charge in [0, 0.05) is 30.2 Å². The second-order valence-electron chi connectivity index (χ2n) is 8.59. The van der Waals surface area contributed by atoms with Crippen molar-refractivity contribution in [1.82, 2.24) is 15.2 Å². The Kier molecular flexibility index (Phi) is 5.91. The summed E-state index contributed by atoms with van der Waals surface area (Å²) >= 11 is 0. The molecule has 5 heteroatoms. The first-order valence-electron chi connectivity index (χ1n) is 11.3. The van der Waals surface area contributed by atoms with E-state index in [9.17, 15) is 9.59 Å². The van der Waals surface area contributed by atoms with E-state index in [1.807, 2.05) is 84.9 Å². The quantitative estimate of drug-likeness (QED) is 0.439. The summed E-state index contributed by atoms with van der Waals surface area (Å²) in [6.45, 7) is 4.82. The van der Waals surface area contributed by atoms with E-state index < -0.39 is 6.04 Å². The number of rotatable bonds is 5. The minimum atomic E-state index is -0.559. The number of nitrogens with one attached hydrogen (secondary N) is 1. The highest BCUT2D eigenvalue weighted by Gasteiger charge is 2.36. The maximum atomic E-state index is 13.3. The molecule has 1 aliphatic rings. The molecule has 0 bridgehead atoms. The number of hydrogen-bond acceptors (Lipinski definition) is 3. The van der Waals surface area contributed by atoms with Crippen LogP contribution in [0.15, 0.2) is 103 Å². The average Bonchev–Trinajstić information content (AvgIpc) is 3.29. The van der Waals surface area contributed by atoms with Crippen molar-refractivity contribution >= 4 is 22.7 Å². The van der Waals surface area contributed by atoms with Gasteiger partial charge < -0.3 is 10.2 Å². The van der Waals surface area contributed by atoms with Gasteiger partial charge in [-0.1, -0.05) is 66.7 Å². The Labute approximate surface area is 198 Å². The van der Waals surface area contributed by atoms with Crippen LogP contribution in [0.1, 0.15) is 22.3 Å². The van der Waals surface area contributed by atoms with Gasteiger partial charge in [0.25, 0.3) is 5.91 Å². The number of benzene rings is 3. The van der Waals surface area contributed by atoms with Crippen molar-refractivity contribution in [3.05, 3.63) is 114 Å². The standard InChI is InChI=1S/C29H25N3O2/c1-20-16-27(28(33)31-18-21-9-14-26-25(17-21)8-5-15-30-26)32(19-20)29(34)24-12-10-23(11-13-24)22-6-3-2-4-7-22/h2-15,17,27H,1,16,18-19H2,(H,31,33). The van der Waals surface area contributed by atoms with Crippen LogP contribution in [-0.4, -0.2) is 34.3 Å². The van der Waals surface area contributed by atoms with Gasteiger partial charge in [-0.15, -0.1) is 0 Å². The molecule has 1 unspecified atom stereocenters. The Bertz CT molecular complexity index is 1360. The number of aromatic nitrogens is 1. The van der Waals surface area contributed by atoms with Crippen molar-refractivity contribution in [1.29, 1.82) is 0 Å². The number of carbonyl (C=O) groups excluding carboxylic acids is 2. The second-order valence-corrected chi connectivity index (χ2v) is 8.59. The highest BCUT2D eigenvalue weighted by Crippen LogP contribution is 2.25. The molecular formula is C29H25N3O2. The van der Waals surface area contributed by atoms with Gasteiger partial charge in [0.15, 0.2) is 0 Å². The van der Waals surface area contributed by atoms with Crippen LogP contribution in [0.4, 0.5) is 0 Å². The number of nitrogens with zero attached hydrogens (tertiary/aromatic N) is 2. The molecule has 0 saturated carbocycles. The highest BCUT2D eigenvalue weighted by atomic mass is 16.2. The average molecular weight is 448 g/mol. The summed E-state index contributed by atoms with van der Waals surface area (Å²) in [6.07, 6.45) is 2.23. The molecule has 2 amide bonds. The van der Waals surface area contributed by atoms with E-state index in [2.05, 4.69) is 16.9 Å². The van der Waals surface area contributed by atoms with Crippen LogP contribution in [0.2, 0.25) is 0 Å². The maximum Gasteiger partial charge on any atom is 0.254 e. The van der Waals surface area contributed by atoms with Crippen LogP contribution in [0, 0.1) is 0 Å². The summed E-state index contributed by atoms with van der Waals surface area (Å²) < 4.78 is 0. The van der Waals surface area contributed by atoms with E-state index in [0.29, 0.717) is 25.1 Å². The number of likely N-dealkylation sites (tertiary alicyclic amines) is 1. The lowest BCUT2D eigenvalue weighted by Gasteiger charge is -2.24. The molecule has 1 saturated heterocycles. The van der Waals surface area contributed by atoms with Gasteiger partial charge in [0.2, 0.25) is 5.91 Å². The Morgan fingerprint density at radius 1 is 0.941 bits per heavy atom. The first-order valence-corrected chi connectivity index (χ1v) is 11.3. The lowest BCUT2D eigenvalue weighted by molar-refractivity contribution is -0.125. The molecule has 1 aromatic heterocycles. The first kappa shape index (κ1) is 21.6. The minimum absolute atomic E-state index is 0.157. The van der Waals surface area contributed by atoms with E-state index in [1.54, 1.807) is 11.1 Å². The molecule has 0 spiro atoms. The van der Waals surface area contributed by atoms with Crippen LogP contribution in [0.25, 0.3) is 22.0 Å². The minimum Gasteiger partial charge on any atom is -0.350 e. The SMILES string of the molecule is C=C1CC(C(=O)NCc2ccc3ncccc3c2)N(C(=O)c2ccc(-c3ccccc3)cc2)C1. The molecule has 168 valence electrons. The number of amides is 2. The summed E-state index contributed by atoms with van der Waals surface area (Å²) in [4.78, 5) is 32.3. The van der Waals surface area contributed by atoms with Gasteiger partial charge in [0.05, 0.1) is 5.52 Å². The van der Waals surface area contributed by atoms with E-state index in [1.165, 1.54) is 0 Å². The van der Waals surface area contributed by atoms with Crippen LogP contribution in [-0.2, 0) is 11.3 Å². The molecule has 34 heavy (non-hydrogen) atoms. The predicted octanol–water partition coefficient (Wildman–Crippen LogP) is 4.99. The fourth-order valence-corrected chi connectivity index (χ4v) is 4.39. The van der Waals surface area contributed by atoms with Crippen LogP contribution >= 0.6 is 0 Å². The van der Waals surface area contributed by atoms with E-state index in [4.69, 9.17) is 0 Å². The van der Waals surface area contributed by atoms with Crippen molar-refractivity contribution in [3.63, 3.8) is 0 Å². The van der Waals surface area contributed by atoms with Crippen molar-refractivity contribution in [2.75, 3.05) is 6.54 Å². The van der Waals surface area contributed by atoms with Gasteiger partial charge in [0.1, 0.15) is 6.04 Å². The number of carbonyl (C=O) groups is 2. The summed E-state index contributed by atoms with van der Waals surface area (Å²) in [5, 5.41) is 4.03.